The first-order valence-corrected chi connectivity index (χ1v) is 6.19. The number of carbonyl (C=O) groups is 3. The SMILES string of the molecule is NC(=O)c1ccc(NC(=O)N2CCC[C@H]2C(=O)O)cc1. The minimum atomic E-state index is -0.998. The van der Waals surface area contributed by atoms with Crippen LogP contribution in [0.1, 0.15) is 23.2 Å². The lowest BCUT2D eigenvalue weighted by atomic mass is 10.2. The minimum Gasteiger partial charge on any atom is -0.480 e. The summed E-state index contributed by atoms with van der Waals surface area (Å²) in [4.78, 5) is 35.2. The third-order valence-electron chi connectivity index (χ3n) is 3.22. The highest BCUT2D eigenvalue weighted by Gasteiger charge is 2.33. The first kappa shape index (κ1) is 13.9. The van der Waals surface area contributed by atoms with Crippen molar-refractivity contribution in [1.82, 2.24) is 4.90 Å². The normalized spacial score (nSPS) is 17.8. The monoisotopic (exact) mass is 277 g/mol. The maximum atomic E-state index is 12.0. The number of hydrogen-bond donors (Lipinski definition) is 3. The van der Waals surface area contributed by atoms with Gasteiger partial charge in [-0.25, -0.2) is 9.59 Å². The topological polar surface area (TPSA) is 113 Å². The number of amides is 3. The number of nitrogens with zero attached hydrogens (tertiary/aromatic N) is 1. The second kappa shape index (κ2) is 5.60. The number of primary amides is 1. The molecular formula is C13H15N3O4. The van der Waals surface area contributed by atoms with E-state index in [-0.39, 0.29) is 0 Å². The Hall–Kier alpha value is -2.57. The van der Waals surface area contributed by atoms with Gasteiger partial charge in [0.15, 0.2) is 0 Å². The van der Waals surface area contributed by atoms with Crippen LogP contribution in [0.25, 0.3) is 0 Å². The van der Waals surface area contributed by atoms with Crippen molar-refractivity contribution in [1.29, 1.82) is 0 Å². The molecule has 3 amide bonds. The summed E-state index contributed by atoms with van der Waals surface area (Å²) in [5.41, 5.74) is 5.94. The van der Waals surface area contributed by atoms with Crippen LogP contribution in [0.5, 0.6) is 0 Å². The van der Waals surface area contributed by atoms with E-state index in [1.807, 2.05) is 0 Å². The molecule has 0 aromatic heterocycles. The molecule has 0 radical (unpaired) electrons. The van der Waals surface area contributed by atoms with E-state index in [0.717, 1.165) is 0 Å². The molecule has 0 aliphatic carbocycles. The largest absolute Gasteiger partial charge is 0.480 e. The number of rotatable bonds is 3. The van der Waals surface area contributed by atoms with Crippen LogP contribution >= 0.6 is 0 Å². The maximum Gasteiger partial charge on any atom is 0.326 e. The molecule has 2 rings (SSSR count). The molecule has 1 heterocycles. The van der Waals surface area contributed by atoms with Crippen molar-refractivity contribution >= 4 is 23.6 Å². The number of anilines is 1. The predicted molar refractivity (Wildman–Crippen MR) is 71.3 cm³/mol. The molecule has 1 atom stereocenters. The van der Waals surface area contributed by atoms with Gasteiger partial charge in [0.25, 0.3) is 0 Å². The average Bonchev–Trinajstić information content (AvgIpc) is 2.88. The summed E-state index contributed by atoms with van der Waals surface area (Å²) < 4.78 is 0. The van der Waals surface area contributed by atoms with Gasteiger partial charge in [-0.05, 0) is 37.1 Å². The van der Waals surface area contributed by atoms with Gasteiger partial charge in [0, 0.05) is 17.8 Å². The Morgan fingerprint density at radius 2 is 1.90 bits per heavy atom. The molecule has 106 valence electrons. The van der Waals surface area contributed by atoms with Crippen LogP contribution in [0.4, 0.5) is 10.5 Å². The van der Waals surface area contributed by atoms with Crippen molar-refractivity contribution in [2.45, 2.75) is 18.9 Å². The fourth-order valence-electron chi connectivity index (χ4n) is 2.18. The number of carboxylic acid groups (broad SMARTS) is 1. The number of carbonyl (C=O) groups excluding carboxylic acids is 2. The van der Waals surface area contributed by atoms with E-state index in [0.29, 0.717) is 30.6 Å². The Morgan fingerprint density at radius 1 is 1.25 bits per heavy atom. The summed E-state index contributed by atoms with van der Waals surface area (Å²) >= 11 is 0. The second-order valence-electron chi connectivity index (χ2n) is 4.56. The van der Waals surface area contributed by atoms with Gasteiger partial charge >= 0.3 is 12.0 Å². The summed E-state index contributed by atoms with van der Waals surface area (Å²) in [5, 5.41) is 11.6. The first-order chi connectivity index (χ1) is 9.49. The maximum absolute atomic E-state index is 12.0. The second-order valence-corrected chi connectivity index (χ2v) is 4.56. The van der Waals surface area contributed by atoms with Gasteiger partial charge in [0.2, 0.25) is 5.91 Å². The number of likely N-dealkylation sites (tertiary alicyclic amines) is 1. The van der Waals surface area contributed by atoms with Gasteiger partial charge in [-0.1, -0.05) is 0 Å². The number of nitrogens with two attached hydrogens (primary N) is 1. The van der Waals surface area contributed by atoms with Crippen molar-refractivity contribution in [2.75, 3.05) is 11.9 Å². The zero-order valence-electron chi connectivity index (χ0n) is 10.7. The van der Waals surface area contributed by atoms with Crippen LogP contribution in [-0.4, -0.2) is 40.5 Å². The van der Waals surface area contributed by atoms with Crippen molar-refractivity contribution < 1.29 is 19.5 Å². The summed E-state index contributed by atoms with van der Waals surface area (Å²) in [6, 6.07) is 4.85. The molecule has 4 N–H and O–H groups in total. The van der Waals surface area contributed by atoms with E-state index < -0.39 is 23.9 Å². The van der Waals surface area contributed by atoms with Gasteiger partial charge in [0.1, 0.15) is 6.04 Å². The van der Waals surface area contributed by atoms with Crippen molar-refractivity contribution in [2.24, 2.45) is 5.73 Å². The number of aliphatic carboxylic acids is 1. The van der Waals surface area contributed by atoms with Crippen molar-refractivity contribution in [3.05, 3.63) is 29.8 Å². The van der Waals surface area contributed by atoms with Crippen LogP contribution in [0.2, 0.25) is 0 Å². The Morgan fingerprint density at radius 3 is 2.45 bits per heavy atom. The predicted octanol–water partition coefficient (Wildman–Crippen LogP) is 0.866. The molecule has 0 bridgehead atoms. The van der Waals surface area contributed by atoms with Gasteiger partial charge in [0.05, 0.1) is 0 Å². The number of urea groups is 1. The fraction of sp³-hybridized carbons (Fsp3) is 0.308. The number of nitrogens with one attached hydrogen (secondary N) is 1. The van der Waals surface area contributed by atoms with Crippen molar-refractivity contribution in [3.63, 3.8) is 0 Å². The molecule has 1 aromatic rings. The number of hydrogen-bond acceptors (Lipinski definition) is 3. The van der Waals surface area contributed by atoms with Crippen LogP contribution in [0.15, 0.2) is 24.3 Å². The smallest absolute Gasteiger partial charge is 0.326 e. The number of benzene rings is 1. The van der Waals surface area contributed by atoms with E-state index in [1.165, 1.54) is 17.0 Å². The molecule has 1 saturated heterocycles. The summed E-state index contributed by atoms with van der Waals surface area (Å²) in [7, 11) is 0. The van der Waals surface area contributed by atoms with Crippen LogP contribution in [0, 0.1) is 0 Å². The minimum absolute atomic E-state index is 0.340. The van der Waals surface area contributed by atoms with Crippen molar-refractivity contribution in [3.8, 4) is 0 Å². The lowest BCUT2D eigenvalue weighted by Crippen LogP contribution is -2.42. The zero-order valence-corrected chi connectivity index (χ0v) is 10.7. The number of carboxylic acids is 1. The van der Waals surface area contributed by atoms with Crippen LogP contribution < -0.4 is 11.1 Å². The molecule has 20 heavy (non-hydrogen) atoms. The highest BCUT2D eigenvalue weighted by Crippen LogP contribution is 2.19. The lowest BCUT2D eigenvalue weighted by Gasteiger charge is -2.21. The summed E-state index contributed by atoms with van der Waals surface area (Å²) in [6.45, 7) is 0.419. The molecule has 1 aliphatic heterocycles. The molecule has 7 nitrogen and oxygen atoms in total. The average molecular weight is 277 g/mol. The van der Waals surface area contributed by atoms with Crippen LogP contribution in [0.3, 0.4) is 0 Å². The van der Waals surface area contributed by atoms with Gasteiger partial charge in [-0.15, -0.1) is 0 Å². The van der Waals surface area contributed by atoms with Crippen LogP contribution in [-0.2, 0) is 4.79 Å². The first-order valence-electron chi connectivity index (χ1n) is 6.19. The van der Waals surface area contributed by atoms with E-state index in [9.17, 15) is 14.4 Å². The molecule has 1 fully saturated rings. The van der Waals surface area contributed by atoms with E-state index in [2.05, 4.69) is 5.32 Å². The molecule has 0 spiro atoms. The van der Waals surface area contributed by atoms with E-state index in [1.54, 1.807) is 12.1 Å². The lowest BCUT2D eigenvalue weighted by molar-refractivity contribution is -0.141. The molecule has 1 aromatic carbocycles. The van der Waals surface area contributed by atoms with Gasteiger partial charge in [-0.2, -0.15) is 0 Å². The van der Waals surface area contributed by atoms with Gasteiger partial charge < -0.3 is 21.1 Å². The Kier molecular flexibility index (Phi) is 3.88. The highest BCUT2D eigenvalue weighted by molar-refractivity contribution is 5.95. The standard InChI is InChI=1S/C13H15N3O4/c14-11(17)8-3-5-9(6-4-8)15-13(20)16-7-1-2-10(16)12(18)19/h3-6,10H,1-2,7H2,(H2,14,17)(H,15,20)(H,18,19)/t10-/m0/s1. The molecule has 1 aliphatic rings. The third-order valence-corrected chi connectivity index (χ3v) is 3.22. The van der Waals surface area contributed by atoms with E-state index in [4.69, 9.17) is 10.8 Å². The van der Waals surface area contributed by atoms with E-state index >= 15 is 0 Å². The fourth-order valence-corrected chi connectivity index (χ4v) is 2.18. The Labute approximate surface area is 115 Å². The quantitative estimate of drug-likeness (QED) is 0.760. The Bertz CT molecular complexity index is 541. The molecule has 0 unspecified atom stereocenters. The molecule has 7 heteroatoms. The molecule has 0 saturated carbocycles. The van der Waals surface area contributed by atoms with Gasteiger partial charge in [-0.3, -0.25) is 4.79 Å². The summed E-state index contributed by atoms with van der Waals surface area (Å²) in [6.07, 6.45) is 1.13. The third kappa shape index (κ3) is 2.87. The zero-order chi connectivity index (χ0) is 14.7. The Balaban J connectivity index is 2.04. The highest BCUT2D eigenvalue weighted by atomic mass is 16.4. The summed E-state index contributed by atoms with van der Waals surface area (Å²) in [5.74, 6) is -1.55. The molecular weight excluding hydrogens is 262 g/mol.